The van der Waals surface area contributed by atoms with E-state index in [1.165, 1.54) is 0 Å². The lowest BCUT2D eigenvalue weighted by molar-refractivity contribution is 0.0491. The van der Waals surface area contributed by atoms with E-state index in [0.29, 0.717) is 29.8 Å². The van der Waals surface area contributed by atoms with Gasteiger partial charge >= 0.3 is 0 Å². The van der Waals surface area contributed by atoms with Crippen LogP contribution in [0.25, 0.3) is 0 Å². The topological polar surface area (TPSA) is 73.3 Å². The molecule has 9 heteroatoms. The first-order chi connectivity index (χ1) is 18.5. The van der Waals surface area contributed by atoms with Gasteiger partial charge in [-0.25, -0.2) is 4.98 Å². The van der Waals surface area contributed by atoms with E-state index in [0.717, 1.165) is 86.9 Å². The number of nitrogens with one attached hydrogen (secondary N) is 1. The number of carbonyl (C=O) groups excluding carboxylic acids is 1. The van der Waals surface area contributed by atoms with E-state index in [1.54, 1.807) is 7.11 Å². The molecule has 2 fully saturated rings. The molecule has 38 heavy (non-hydrogen) atoms. The van der Waals surface area contributed by atoms with Gasteiger partial charge in [-0.3, -0.25) is 14.7 Å². The van der Waals surface area contributed by atoms with E-state index in [9.17, 15) is 4.79 Å². The molecule has 4 heterocycles. The Morgan fingerprint density at radius 3 is 2.55 bits per heavy atom. The number of pyridine rings is 1. The number of aliphatic imine (C=N–C) groups is 1. The summed E-state index contributed by atoms with van der Waals surface area (Å²) in [5.74, 6) is 1.86. The zero-order valence-corrected chi connectivity index (χ0v) is 23.5. The predicted octanol–water partition coefficient (Wildman–Crippen LogP) is 3.83. The summed E-state index contributed by atoms with van der Waals surface area (Å²) in [4.78, 5) is 29.4. The highest BCUT2D eigenvalue weighted by Gasteiger charge is 2.35. The van der Waals surface area contributed by atoms with Crippen LogP contribution in [0.5, 0.6) is 0 Å². The number of nitrogens with zero attached hydrogens (tertiary/aromatic N) is 5. The molecule has 3 aliphatic heterocycles. The number of carbonyl (C=O) groups is 1. The summed E-state index contributed by atoms with van der Waals surface area (Å²) in [5.41, 5.74) is 2.78. The highest BCUT2D eigenvalue weighted by molar-refractivity contribution is 6.33. The molecule has 8 nitrogen and oxygen atoms in total. The van der Waals surface area contributed by atoms with E-state index < -0.39 is 0 Å². The summed E-state index contributed by atoms with van der Waals surface area (Å²) in [6, 6.07) is 11.0. The van der Waals surface area contributed by atoms with Gasteiger partial charge in [-0.2, -0.15) is 0 Å². The van der Waals surface area contributed by atoms with Crippen molar-refractivity contribution < 1.29 is 9.53 Å². The lowest BCUT2D eigenvalue weighted by Gasteiger charge is -2.47. The van der Waals surface area contributed by atoms with Crippen LogP contribution in [0.2, 0.25) is 5.02 Å². The van der Waals surface area contributed by atoms with Crippen LogP contribution in [0.3, 0.4) is 0 Å². The zero-order valence-electron chi connectivity index (χ0n) is 22.7. The van der Waals surface area contributed by atoms with Crippen LogP contribution < -0.4 is 10.2 Å². The van der Waals surface area contributed by atoms with Gasteiger partial charge in [-0.05, 0) is 49.9 Å². The minimum Gasteiger partial charge on any atom is -0.380 e. The number of rotatable bonds is 7. The van der Waals surface area contributed by atoms with Gasteiger partial charge in [0.1, 0.15) is 11.7 Å². The molecule has 1 aromatic carbocycles. The number of hydrogen-bond acceptors (Lipinski definition) is 7. The standard InChI is InChI=1S/C29H39ClN6O2/c1-4-24-18-35(28-26(30)15-23(17-32-28)27-31-16-20(2)33-27)13-14-36(24)25-9-11-34(12-10-25)29(37)22-7-5-21(6-8-22)19-38-3/h5-8,15,17,20,24-25H,4,9-14,16,18-19H2,1-3H3,(H,31,33)/t20?,24-/m0/s1. The van der Waals surface area contributed by atoms with Gasteiger partial charge in [0.2, 0.25) is 0 Å². The fraction of sp³-hybridized carbons (Fsp3) is 0.552. The molecule has 1 aromatic heterocycles. The van der Waals surface area contributed by atoms with Crippen LogP contribution in [0.1, 0.15) is 54.6 Å². The van der Waals surface area contributed by atoms with Gasteiger partial charge in [-0.1, -0.05) is 30.7 Å². The minimum absolute atomic E-state index is 0.127. The van der Waals surface area contributed by atoms with Crippen molar-refractivity contribution in [3.05, 3.63) is 58.2 Å². The molecule has 1 unspecified atom stereocenters. The number of benzene rings is 1. The number of piperidine rings is 1. The Bertz CT molecular complexity index is 1150. The van der Waals surface area contributed by atoms with Crippen LogP contribution in [-0.2, 0) is 11.3 Å². The van der Waals surface area contributed by atoms with Crippen LogP contribution in [0.4, 0.5) is 5.82 Å². The Hall–Kier alpha value is -2.68. The Kier molecular flexibility index (Phi) is 8.51. The third kappa shape index (κ3) is 5.82. The van der Waals surface area contributed by atoms with Gasteiger partial charge in [0.25, 0.3) is 5.91 Å². The largest absolute Gasteiger partial charge is 0.380 e. The SMILES string of the molecule is CC[C@H]1CN(c2ncc(C3=NCC(C)N3)cc2Cl)CCN1C1CCN(C(=O)c2ccc(COC)cc2)CC1. The lowest BCUT2D eigenvalue weighted by Crippen LogP contribution is -2.58. The molecule has 1 N–H and O–H groups in total. The second kappa shape index (κ2) is 12.0. The Labute approximate surface area is 231 Å². The summed E-state index contributed by atoms with van der Waals surface area (Å²) in [5, 5.41) is 4.06. The second-order valence-electron chi connectivity index (χ2n) is 10.7. The van der Waals surface area contributed by atoms with Crippen molar-refractivity contribution in [2.24, 2.45) is 4.99 Å². The number of halogens is 1. The molecule has 0 spiro atoms. The first kappa shape index (κ1) is 26.9. The van der Waals surface area contributed by atoms with Crippen molar-refractivity contribution >= 4 is 29.2 Å². The zero-order chi connectivity index (χ0) is 26.6. The molecular formula is C29H39ClN6O2. The summed E-state index contributed by atoms with van der Waals surface area (Å²) in [6.45, 7) is 10.1. The smallest absolute Gasteiger partial charge is 0.253 e. The first-order valence-corrected chi connectivity index (χ1v) is 14.2. The molecule has 0 saturated carbocycles. The maximum atomic E-state index is 13.1. The van der Waals surface area contributed by atoms with Crippen molar-refractivity contribution in [3.8, 4) is 0 Å². The number of ether oxygens (including phenoxy) is 1. The molecule has 2 aromatic rings. The summed E-state index contributed by atoms with van der Waals surface area (Å²) >= 11 is 6.73. The maximum Gasteiger partial charge on any atom is 0.253 e. The summed E-state index contributed by atoms with van der Waals surface area (Å²) in [7, 11) is 1.68. The van der Waals surface area contributed by atoms with Gasteiger partial charge in [0.05, 0.1) is 18.2 Å². The number of piperazine rings is 1. The number of amidine groups is 1. The van der Waals surface area contributed by atoms with Crippen molar-refractivity contribution in [2.75, 3.05) is 51.3 Å². The molecule has 0 radical (unpaired) electrons. The van der Waals surface area contributed by atoms with Gasteiger partial charge in [0, 0.05) is 75.3 Å². The number of hydrogen-bond donors (Lipinski definition) is 1. The van der Waals surface area contributed by atoms with Gasteiger partial charge < -0.3 is 19.9 Å². The highest BCUT2D eigenvalue weighted by atomic mass is 35.5. The van der Waals surface area contributed by atoms with Crippen LogP contribution >= 0.6 is 11.6 Å². The number of anilines is 1. The van der Waals surface area contributed by atoms with Gasteiger partial charge in [0.15, 0.2) is 0 Å². The fourth-order valence-corrected chi connectivity index (χ4v) is 6.21. The van der Waals surface area contributed by atoms with Crippen molar-refractivity contribution in [2.45, 2.75) is 57.8 Å². The van der Waals surface area contributed by atoms with Crippen LogP contribution in [0, 0.1) is 0 Å². The Balaban J connectivity index is 1.17. The summed E-state index contributed by atoms with van der Waals surface area (Å²) in [6.07, 6.45) is 4.96. The highest BCUT2D eigenvalue weighted by Crippen LogP contribution is 2.30. The molecule has 2 atom stereocenters. The second-order valence-corrected chi connectivity index (χ2v) is 11.1. The molecule has 0 bridgehead atoms. The van der Waals surface area contributed by atoms with E-state index in [4.69, 9.17) is 21.3 Å². The lowest BCUT2D eigenvalue weighted by atomic mass is 9.97. The predicted molar refractivity (Wildman–Crippen MR) is 152 cm³/mol. The molecule has 3 aliphatic rings. The number of aromatic nitrogens is 1. The molecule has 204 valence electrons. The number of methoxy groups -OCH3 is 1. The minimum atomic E-state index is 0.127. The van der Waals surface area contributed by atoms with E-state index >= 15 is 0 Å². The van der Waals surface area contributed by atoms with Crippen molar-refractivity contribution in [1.82, 2.24) is 20.1 Å². The van der Waals surface area contributed by atoms with Crippen LogP contribution in [-0.4, -0.2) is 91.0 Å². The number of amides is 1. The van der Waals surface area contributed by atoms with Gasteiger partial charge in [-0.15, -0.1) is 0 Å². The van der Waals surface area contributed by atoms with Crippen molar-refractivity contribution in [3.63, 3.8) is 0 Å². The Morgan fingerprint density at radius 1 is 1.16 bits per heavy atom. The van der Waals surface area contributed by atoms with Crippen LogP contribution in [0.15, 0.2) is 41.5 Å². The average Bonchev–Trinajstić information content (AvgIpc) is 3.39. The molecule has 0 aliphatic carbocycles. The Morgan fingerprint density at radius 2 is 1.92 bits per heavy atom. The third-order valence-electron chi connectivity index (χ3n) is 8.03. The van der Waals surface area contributed by atoms with Crippen molar-refractivity contribution in [1.29, 1.82) is 0 Å². The molecule has 5 rings (SSSR count). The quantitative estimate of drug-likeness (QED) is 0.577. The molecule has 2 saturated heterocycles. The monoisotopic (exact) mass is 538 g/mol. The number of likely N-dealkylation sites (tertiary alicyclic amines) is 1. The van der Waals surface area contributed by atoms with E-state index in [2.05, 4.69) is 34.0 Å². The van der Waals surface area contributed by atoms with E-state index in [1.807, 2.05) is 41.4 Å². The normalized spacial score (nSPS) is 22.9. The summed E-state index contributed by atoms with van der Waals surface area (Å²) < 4.78 is 5.18. The van der Waals surface area contributed by atoms with E-state index in [-0.39, 0.29) is 5.91 Å². The first-order valence-electron chi connectivity index (χ1n) is 13.8. The molecular weight excluding hydrogens is 500 g/mol. The third-order valence-corrected chi connectivity index (χ3v) is 8.31. The molecule has 1 amide bonds. The maximum absolute atomic E-state index is 13.1. The average molecular weight is 539 g/mol. The fourth-order valence-electron chi connectivity index (χ4n) is 5.92.